The monoisotopic (exact) mass is 289 g/mol. The molecule has 0 radical (unpaired) electrons. The van der Waals surface area contributed by atoms with Crippen molar-refractivity contribution in [2.45, 2.75) is 44.1 Å². The Morgan fingerprint density at radius 3 is 2.71 bits per heavy atom. The summed E-state index contributed by atoms with van der Waals surface area (Å²) in [6.07, 6.45) is 10.7. The van der Waals surface area contributed by atoms with Gasteiger partial charge in [0.05, 0.1) is 11.7 Å². The number of aromatic nitrogens is 2. The van der Waals surface area contributed by atoms with Gasteiger partial charge in [-0.15, -0.1) is 0 Å². The fourth-order valence-electron chi connectivity index (χ4n) is 2.99. The zero-order valence-electron chi connectivity index (χ0n) is 11.8. The predicted molar refractivity (Wildman–Crippen MR) is 75.7 cm³/mol. The van der Waals surface area contributed by atoms with Crippen molar-refractivity contribution in [1.29, 1.82) is 0 Å². The summed E-state index contributed by atoms with van der Waals surface area (Å²) in [5.74, 6) is -0.411. The molecule has 6 heteroatoms. The molecule has 0 saturated heterocycles. The standard InChI is InChI=1S/C15H19N3O3/c19-12(10-5-2-1-3-6-10)18-15(7-4-8-15)14-16-9-11(17-14)13(20)21/h1-2,9-10H,3-8H2,(H,16,17)(H,18,19)(H,20,21). The molecule has 2 aliphatic rings. The maximum atomic E-state index is 12.4. The topological polar surface area (TPSA) is 95.1 Å². The summed E-state index contributed by atoms with van der Waals surface area (Å²) in [4.78, 5) is 30.4. The number of rotatable bonds is 4. The quantitative estimate of drug-likeness (QED) is 0.738. The maximum Gasteiger partial charge on any atom is 0.353 e. The second-order valence-electron chi connectivity index (χ2n) is 5.86. The molecule has 2 aliphatic carbocycles. The molecule has 1 unspecified atom stereocenters. The molecule has 0 aromatic carbocycles. The number of carbonyl (C=O) groups is 2. The van der Waals surface area contributed by atoms with E-state index in [1.807, 2.05) is 0 Å². The molecular formula is C15H19N3O3. The lowest BCUT2D eigenvalue weighted by molar-refractivity contribution is -0.128. The number of hydrogen-bond acceptors (Lipinski definition) is 3. The molecule has 112 valence electrons. The number of allylic oxidation sites excluding steroid dienone is 2. The Labute approximate surface area is 122 Å². The number of H-pyrrole nitrogens is 1. The van der Waals surface area contributed by atoms with Crippen LogP contribution in [0.2, 0.25) is 0 Å². The number of carboxylic acids is 1. The fourth-order valence-corrected chi connectivity index (χ4v) is 2.99. The van der Waals surface area contributed by atoms with Crippen molar-refractivity contribution in [3.63, 3.8) is 0 Å². The van der Waals surface area contributed by atoms with Crippen LogP contribution in [0, 0.1) is 5.92 Å². The van der Waals surface area contributed by atoms with Crippen molar-refractivity contribution >= 4 is 11.9 Å². The normalized spacial score (nSPS) is 23.3. The van der Waals surface area contributed by atoms with Crippen LogP contribution < -0.4 is 5.32 Å². The Balaban J connectivity index is 1.75. The Hall–Kier alpha value is -2.11. The van der Waals surface area contributed by atoms with Gasteiger partial charge in [0.1, 0.15) is 11.5 Å². The van der Waals surface area contributed by atoms with Gasteiger partial charge in [0.2, 0.25) is 5.91 Å². The molecule has 1 fully saturated rings. The molecule has 0 bridgehead atoms. The second-order valence-corrected chi connectivity index (χ2v) is 5.86. The number of carboxylic acid groups (broad SMARTS) is 1. The van der Waals surface area contributed by atoms with E-state index in [4.69, 9.17) is 5.11 Å². The van der Waals surface area contributed by atoms with Crippen LogP contribution in [-0.4, -0.2) is 27.0 Å². The molecule has 1 amide bonds. The van der Waals surface area contributed by atoms with Crippen molar-refractivity contribution in [2.75, 3.05) is 0 Å². The van der Waals surface area contributed by atoms with Gasteiger partial charge in [0, 0.05) is 5.92 Å². The minimum absolute atomic E-state index is 0.0152. The van der Waals surface area contributed by atoms with E-state index in [1.165, 1.54) is 6.20 Å². The predicted octanol–water partition coefficient (Wildman–Crippen LogP) is 1.96. The summed E-state index contributed by atoms with van der Waals surface area (Å²) in [7, 11) is 0. The van der Waals surface area contributed by atoms with E-state index in [9.17, 15) is 9.59 Å². The lowest BCUT2D eigenvalue weighted by atomic mass is 9.75. The maximum absolute atomic E-state index is 12.4. The van der Waals surface area contributed by atoms with Gasteiger partial charge in [0.25, 0.3) is 0 Å². The van der Waals surface area contributed by atoms with Crippen LogP contribution in [0.3, 0.4) is 0 Å². The molecule has 1 heterocycles. The van der Waals surface area contributed by atoms with Crippen molar-refractivity contribution < 1.29 is 14.7 Å². The molecule has 1 aromatic rings. The van der Waals surface area contributed by atoms with Crippen LogP contribution in [0.1, 0.15) is 54.8 Å². The average Bonchev–Trinajstić information content (AvgIpc) is 2.93. The summed E-state index contributed by atoms with van der Waals surface area (Å²) in [5, 5.41) is 12.1. The highest BCUT2D eigenvalue weighted by atomic mass is 16.4. The summed E-state index contributed by atoms with van der Waals surface area (Å²) < 4.78 is 0. The van der Waals surface area contributed by atoms with E-state index in [-0.39, 0.29) is 17.5 Å². The van der Waals surface area contributed by atoms with Crippen LogP contribution in [0.15, 0.2) is 18.3 Å². The Morgan fingerprint density at radius 1 is 1.38 bits per heavy atom. The van der Waals surface area contributed by atoms with Gasteiger partial charge in [-0.05, 0) is 38.5 Å². The van der Waals surface area contributed by atoms with Crippen LogP contribution in [0.4, 0.5) is 0 Å². The number of aromatic amines is 1. The molecular weight excluding hydrogens is 270 g/mol. The number of aromatic carboxylic acids is 1. The number of nitrogens with zero attached hydrogens (tertiary/aromatic N) is 1. The first-order valence-electron chi connectivity index (χ1n) is 7.36. The third-order valence-electron chi connectivity index (χ3n) is 4.47. The van der Waals surface area contributed by atoms with Gasteiger partial charge in [-0.3, -0.25) is 4.79 Å². The Morgan fingerprint density at radius 2 is 2.19 bits per heavy atom. The van der Waals surface area contributed by atoms with Gasteiger partial charge in [-0.1, -0.05) is 12.2 Å². The highest BCUT2D eigenvalue weighted by Crippen LogP contribution is 2.40. The first-order chi connectivity index (χ1) is 10.1. The van der Waals surface area contributed by atoms with E-state index < -0.39 is 11.5 Å². The fraction of sp³-hybridized carbons (Fsp3) is 0.533. The van der Waals surface area contributed by atoms with Gasteiger partial charge < -0.3 is 15.4 Å². The molecule has 3 rings (SSSR count). The minimum Gasteiger partial charge on any atom is -0.477 e. The van der Waals surface area contributed by atoms with Crippen molar-refractivity contribution in [3.8, 4) is 0 Å². The minimum atomic E-state index is -1.04. The Kier molecular flexibility index (Phi) is 3.53. The zero-order chi connectivity index (χ0) is 14.9. The van der Waals surface area contributed by atoms with Gasteiger partial charge >= 0.3 is 5.97 Å². The van der Waals surface area contributed by atoms with Crippen LogP contribution >= 0.6 is 0 Å². The molecule has 0 spiro atoms. The van der Waals surface area contributed by atoms with Crippen LogP contribution in [0.5, 0.6) is 0 Å². The van der Waals surface area contributed by atoms with E-state index in [1.54, 1.807) is 0 Å². The largest absolute Gasteiger partial charge is 0.477 e. The number of imidazole rings is 1. The highest BCUT2D eigenvalue weighted by Gasteiger charge is 2.43. The van der Waals surface area contributed by atoms with E-state index >= 15 is 0 Å². The molecule has 3 N–H and O–H groups in total. The first kappa shape index (κ1) is 13.9. The molecule has 6 nitrogen and oxygen atoms in total. The second kappa shape index (κ2) is 5.35. The molecule has 0 aliphatic heterocycles. The third-order valence-corrected chi connectivity index (χ3v) is 4.47. The summed E-state index contributed by atoms with van der Waals surface area (Å²) in [5.41, 5.74) is -0.447. The molecule has 21 heavy (non-hydrogen) atoms. The van der Waals surface area contributed by atoms with Crippen molar-refractivity contribution in [1.82, 2.24) is 15.3 Å². The van der Waals surface area contributed by atoms with Crippen LogP contribution in [0.25, 0.3) is 0 Å². The van der Waals surface area contributed by atoms with Crippen molar-refractivity contribution in [3.05, 3.63) is 29.9 Å². The third kappa shape index (κ3) is 2.57. The van der Waals surface area contributed by atoms with Gasteiger partial charge in [-0.2, -0.15) is 0 Å². The summed E-state index contributed by atoms with van der Waals surface area (Å²) in [6, 6.07) is 0. The van der Waals surface area contributed by atoms with Crippen LogP contribution in [-0.2, 0) is 10.3 Å². The number of amides is 1. The summed E-state index contributed by atoms with van der Waals surface area (Å²) >= 11 is 0. The molecule has 1 aromatic heterocycles. The van der Waals surface area contributed by atoms with E-state index in [2.05, 4.69) is 27.4 Å². The average molecular weight is 289 g/mol. The lowest BCUT2D eigenvalue weighted by Gasteiger charge is -2.41. The van der Waals surface area contributed by atoms with Gasteiger partial charge in [-0.25, -0.2) is 9.78 Å². The van der Waals surface area contributed by atoms with E-state index in [0.29, 0.717) is 5.82 Å². The molecule has 1 saturated carbocycles. The zero-order valence-corrected chi connectivity index (χ0v) is 11.8. The molecule has 1 atom stereocenters. The Bertz CT molecular complexity index is 587. The van der Waals surface area contributed by atoms with Gasteiger partial charge in [0.15, 0.2) is 0 Å². The number of nitrogens with one attached hydrogen (secondary N) is 2. The highest BCUT2D eigenvalue weighted by molar-refractivity contribution is 5.85. The first-order valence-corrected chi connectivity index (χ1v) is 7.36. The summed E-state index contributed by atoms with van der Waals surface area (Å²) in [6.45, 7) is 0. The number of hydrogen-bond donors (Lipinski definition) is 3. The SMILES string of the molecule is O=C(O)c1cnc(C2(NC(=O)C3CC=CCC3)CCC2)[nH]1. The lowest BCUT2D eigenvalue weighted by Crippen LogP contribution is -2.53. The van der Waals surface area contributed by atoms with Crippen molar-refractivity contribution in [2.24, 2.45) is 5.92 Å². The smallest absolute Gasteiger partial charge is 0.353 e. The number of carbonyl (C=O) groups excluding carboxylic acids is 1. The van der Waals surface area contributed by atoms with E-state index in [0.717, 1.165) is 38.5 Å².